The third-order valence-corrected chi connectivity index (χ3v) is 9.52. The number of phosphoric ester groups is 1. The molecule has 5 atom stereocenters. The molecular formula is C50H79NO11P+. The number of aliphatic hydroxyl groups excluding tert-OH is 3. The van der Waals surface area contributed by atoms with Crippen LogP contribution in [-0.4, -0.2) is 109 Å². The molecule has 12 nitrogen and oxygen atoms in total. The number of carbonyl (C=O) groups is 2. The number of esters is 2. The van der Waals surface area contributed by atoms with Crippen molar-refractivity contribution >= 4 is 19.8 Å². The Hall–Kier alpha value is -3.97. The molecule has 0 aliphatic rings. The van der Waals surface area contributed by atoms with E-state index in [1.165, 1.54) is 6.08 Å². The second kappa shape index (κ2) is 39.6. The van der Waals surface area contributed by atoms with E-state index in [1.54, 1.807) is 42.5 Å². The first kappa shape index (κ1) is 59.0. The van der Waals surface area contributed by atoms with Gasteiger partial charge in [-0.3, -0.25) is 18.6 Å². The minimum Gasteiger partial charge on any atom is -0.462 e. The molecule has 0 aromatic heterocycles. The van der Waals surface area contributed by atoms with Crippen molar-refractivity contribution in [3.63, 3.8) is 0 Å². The molecule has 0 aliphatic carbocycles. The van der Waals surface area contributed by atoms with Crippen LogP contribution in [0.4, 0.5) is 0 Å². The van der Waals surface area contributed by atoms with Gasteiger partial charge in [-0.1, -0.05) is 148 Å². The molecule has 1 unspecified atom stereocenters. The predicted octanol–water partition coefficient (Wildman–Crippen LogP) is 9.59. The van der Waals surface area contributed by atoms with E-state index in [9.17, 15) is 34.4 Å². The lowest BCUT2D eigenvalue weighted by Crippen LogP contribution is -2.37. The highest BCUT2D eigenvalue weighted by atomic mass is 31.2. The topological polar surface area (TPSA) is 169 Å². The summed E-state index contributed by atoms with van der Waals surface area (Å²) in [7, 11) is 1.19. The van der Waals surface area contributed by atoms with E-state index in [0.717, 1.165) is 44.9 Å². The van der Waals surface area contributed by atoms with Crippen LogP contribution in [0.2, 0.25) is 0 Å². The van der Waals surface area contributed by atoms with Crippen LogP contribution in [0.15, 0.2) is 134 Å². The lowest BCUT2D eigenvalue weighted by atomic mass is 10.1. The fourth-order valence-corrected chi connectivity index (χ4v) is 5.71. The molecule has 0 radical (unpaired) electrons. The minimum absolute atomic E-state index is 0.0526. The van der Waals surface area contributed by atoms with Crippen molar-refractivity contribution in [1.29, 1.82) is 0 Å². The monoisotopic (exact) mass is 901 g/mol. The number of phosphoric acid groups is 1. The molecule has 354 valence electrons. The van der Waals surface area contributed by atoms with Gasteiger partial charge in [0.15, 0.2) is 6.10 Å². The smallest absolute Gasteiger partial charge is 0.462 e. The van der Waals surface area contributed by atoms with Gasteiger partial charge in [-0.25, -0.2) is 4.57 Å². The van der Waals surface area contributed by atoms with Gasteiger partial charge in [-0.2, -0.15) is 0 Å². The van der Waals surface area contributed by atoms with Gasteiger partial charge < -0.3 is 34.2 Å². The van der Waals surface area contributed by atoms with Crippen LogP contribution in [0.25, 0.3) is 0 Å². The van der Waals surface area contributed by atoms with Crippen LogP contribution in [0.3, 0.4) is 0 Å². The largest absolute Gasteiger partial charge is 0.472 e. The van der Waals surface area contributed by atoms with Gasteiger partial charge in [-0.05, 0) is 70.6 Å². The summed E-state index contributed by atoms with van der Waals surface area (Å²) in [5.41, 5.74) is 0. The molecule has 0 spiro atoms. The second-order valence-electron chi connectivity index (χ2n) is 15.5. The molecule has 63 heavy (non-hydrogen) atoms. The number of aliphatic hydroxyl groups is 3. The zero-order valence-corrected chi connectivity index (χ0v) is 39.5. The maximum Gasteiger partial charge on any atom is 0.472 e. The van der Waals surface area contributed by atoms with Crippen molar-refractivity contribution < 1.29 is 57.4 Å². The highest BCUT2D eigenvalue weighted by Gasteiger charge is 2.27. The number of nitrogens with zero attached hydrogens (tertiary/aromatic N) is 1. The number of hydrogen-bond acceptors (Lipinski definition) is 10. The average Bonchev–Trinajstić information content (AvgIpc) is 3.23. The Labute approximate surface area is 379 Å². The number of hydrogen-bond donors (Lipinski definition) is 4. The Morgan fingerprint density at radius 3 is 1.68 bits per heavy atom. The summed E-state index contributed by atoms with van der Waals surface area (Å²) in [5.74, 6) is -1.25. The van der Waals surface area contributed by atoms with Gasteiger partial charge in [0.05, 0.1) is 46.1 Å². The molecule has 0 saturated carbocycles. The van der Waals surface area contributed by atoms with Crippen LogP contribution >= 0.6 is 7.82 Å². The third-order valence-electron chi connectivity index (χ3n) is 8.53. The van der Waals surface area contributed by atoms with Gasteiger partial charge in [-0.15, -0.1) is 0 Å². The Morgan fingerprint density at radius 1 is 0.619 bits per heavy atom. The number of allylic oxidation sites excluding steroid dienone is 19. The zero-order chi connectivity index (χ0) is 46.9. The number of carbonyl (C=O) groups excluding carboxylic acids is 2. The maximum absolute atomic E-state index is 12.7. The fourth-order valence-electron chi connectivity index (χ4n) is 4.97. The SMILES string of the molecule is CC/C=C\C/C=C\C/C=C\C/C=C\C/C=C\C/C=C\CCC(=O)OC[C@H](COP(=O)(O)OCC[N+](C)(C)C)OC(=O)CCC[C@@H](O)[C@H](O)\C=C/C=C\C=C\C=C\[C@@H](O)C/C=C\CC. The Kier molecular flexibility index (Phi) is 37.1. The first-order chi connectivity index (χ1) is 30.2. The molecule has 0 bridgehead atoms. The maximum atomic E-state index is 12.7. The van der Waals surface area contributed by atoms with E-state index >= 15 is 0 Å². The Bertz CT molecular complexity index is 1580. The van der Waals surface area contributed by atoms with Crippen molar-refractivity contribution in [1.82, 2.24) is 0 Å². The lowest BCUT2D eigenvalue weighted by molar-refractivity contribution is -0.870. The second-order valence-corrected chi connectivity index (χ2v) is 17.0. The van der Waals surface area contributed by atoms with Crippen molar-refractivity contribution in [3.8, 4) is 0 Å². The quantitative estimate of drug-likeness (QED) is 0.0154. The molecule has 0 saturated heterocycles. The molecule has 0 aromatic rings. The summed E-state index contributed by atoms with van der Waals surface area (Å²) >= 11 is 0. The summed E-state index contributed by atoms with van der Waals surface area (Å²) in [6.45, 7) is 3.58. The summed E-state index contributed by atoms with van der Waals surface area (Å²) in [6, 6.07) is 0. The number of likely N-dealkylation sites (N-methyl/N-ethyl adjacent to an activating group) is 1. The number of rotatable bonds is 37. The Morgan fingerprint density at radius 2 is 1.13 bits per heavy atom. The van der Waals surface area contributed by atoms with E-state index in [-0.39, 0.29) is 32.3 Å². The normalized spacial score (nSPS) is 16.3. The first-order valence-corrected chi connectivity index (χ1v) is 23.7. The minimum atomic E-state index is -4.50. The highest BCUT2D eigenvalue weighted by molar-refractivity contribution is 7.47. The molecule has 0 heterocycles. The summed E-state index contributed by atoms with van der Waals surface area (Å²) in [5, 5.41) is 30.5. The molecule has 0 fully saturated rings. The van der Waals surface area contributed by atoms with Crippen molar-refractivity contribution in [2.24, 2.45) is 0 Å². The predicted molar refractivity (Wildman–Crippen MR) is 255 cm³/mol. The van der Waals surface area contributed by atoms with Gasteiger partial charge in [0.2, 0.25) is 0 Å². The van der Waals surface area contributed by atoms with Gasteiger partial charge >= 0.3 is 19.8 Å². The third kappa shape index (κ3) is 41.8. The molecule has 0 aliphatic heterocycles. The van der Waals surface area contributed by atoms with E-state index in [1.807, 2.05) is 52.4 Å². The zero-order valence-electron chi connectivity index (χ0n) is 38.6. The molecular weight excluding hydrogens is 822 g/mol. The molecule has 0 amide bonds. The van der Waals surface area contributed by atoms with Crippen LogP contribution in [0.1, 0.15) is 97.3 Å². The van der Waals surface area contributed by atoms with Gasteiger partial charge in [0, 0.05) is 12.8 Å². The van der Waals surface area contributed by atoms with Crippen LogP contribution in [0.5, 0.6) is 0 Å². The summed E-state index contributed by atoms with van der Waals surface area (Å²) in [4.78, 5) is 35.4. The van der Waals surface area contributed by atoms with Gasteiger partial charge in [0.25, 0.3) is 0 Å². The standard InChI is InChI=1S/C50H78NO11P/c1-6-8-10-11-12-13-14-15-16-17-18-19-20-21-22-23-24-29-33-39-49(55)59-43-46(44-61-63(57,58)60-42-41-51(3,4)5)62-50(56)40-34-38-48(54)47(53)37-32-28-26-25-27-31-36-45(52)35-30-9-7-2/h8-10,12-13,15-16,18-19,21-22,24-32,36-37,45-48,52-54H,6-7,11,14,17,20,23,33-35,38-44H2,1-5H3/p+1/b10-8-,13-12-,16-15-,19-18-,22-21-,27-25+,28-26-,29-24-,30-9-,36-31+,37-32-/t45-,46+,47+,48+/m0/s1. The summed E-state index contributed by atoms with van der Waals surface area (Å²) in [6.07, 6.45) is 46.1. The summed E-state index contributed by atoms with van der Waals surface area (Å²) < 4.78 is 33.9. The van der Waals surface area contributed by atoms with Crippen LogP contribution < -0.4 is 0 Å². The number of quaternary nitrogens is 1. The van der Waals surface area contributed by atoms with Crippen LogP contribution in [0, 0.1) is 0 Å². The van der Waals surface area contributed by atoms with Crippen molar-refractivity contribution in [3.05, 3.63) is 134 Å². The molecule has 0 rings (SSSR count). The van der Waals surface area contributed by atoms with Gasteiger partial charge in [0.1, 0.15) is 19.8 Å². The van der Waals surface area contributed by atoms with E-state index in [4.69, 9.17) is 18.5 Å². The van der Waals surface area contributed by atoms with E-state index in [2.05, 4.69) is 67.7 Å². The molecule has 0 aromatic carbocycles. The number of ether oxygens (including phenoxy) is 2. The fraction of sp³-hybridized carbons (Fsp3) is 0.520. The molecule has 4 N–H and O–H groups in total. The molecule has 13 heteroatoms. The first-order valence-electron chi connectivity index (χ1n) is 22.2. The van der Waals surface area contributed by atoms with E-state index < -0.39 is 57.4 Å². The Balaban J connectivity index is 4.83. The average molecular weight is 901 g/mol. The van der Waals surface area contributed by atoms with Crippen LogP contribution in [-0.2, 0) is 32.7 Å². The lowest BCUT2D eigenvalue weighted by Gasteiger charge is -2.24. The van der Waals surface area contributed by atoms with Crippen molar-refractivity contribution in [2.75, 3.05) is 47.5 Å². The highest BCUT2D eigenvalue weighted by Crippen LogP contribution is 2.43. The van der Waals surface area contributed by atoms with Crippen molar-refractivity contribution in [2.45, 2.75) is 122 Å². The van der Waals surface area contributed by atoms with E-state index in [0.29, 0.717) is 23.9 Å².